The van der Waals surface area contributed by atoms with Crippen LogP contribution in [0.15, 0.2) is 12.3 Å². The highest BCUT2D eigenvalue weighted by Crippen LogP contribution is 2.20. The van der Waals surface area contributed by atoms with Crippen molar-refractivity contribution < 1.29 is 19.6 Å². The number of rotatable bonds is 10. The van der Waals surface area contributed by atoms with Crippen LogP contribution in [0, 0.1) is 10.1 Å². The molecule has 0 fully saturated rings. The molecule has 0 radical (unpaired) electrons. The number of hydrogen-bond acceptors (Lipinski definition) is 6. The van der Waals surface area contributed by atoms with Crippen LogP contribution in [-0.4, -0.2) is 40.7 Å². The second-order valence-electron chi connectivity index (χ2n) is 4.40. The van der Waals surface area contributed by atoms with Gasteiger partial charge < -0.3 is 15.2 Å². The molecule has 0 atom stereocenters. The molecule has 0 aliphatic carbocycles. The minimum atomic E-state index is -1.35. The van der Waals surface area contributed by atoms with Gasteiger partial charge in [-0.15, -0.1) is 0 Å². The van der Waals surface area contributed by atoms with Crippen LogP contribution in [0.2, 0.25) is 0 Å². The van der Waals surface area contributed by atoms with Gasteiger partial charge in [0.05, 0.1) is 4.92 Å². The highest BCUT2D eigenvalue weighted by Gasteiger charge is 2.20. The quantitative estimate of drug-likeness (QED) is 0.387. The summed E-state index contributed by atoms with van der Waals surface area (Å²) in [5, 5.41) is 22.6. The smallest absolute Gasteiger partial charge is 0.342 e. The van der Waals surface area contributed by atoms with E-state index < -0.39 is 16.6 Å². The zero-order chi connectivity index (χ0) is 15.7. The van der Waals surface area contributed by atoms with Gasteiger partial charge in [-0.25, -0.2) is 9.78 Å². The summed E-state index contributed by atoms with van der Waals surface area (Å²) in [6, 6.07) is 1.17. The maximum atomic E-state index is 11.0. The number of anilines is 1. The second-order valence-corrected chi connectivity index (χ2v) is 4.40. The van der Waals surface area contributed by atoms with Gasteiger partial charge in [-0.2, -0.15) is 0 Å². The van der Waals surface area contributed by atoms with E-state index in [0.29, 0.717) is 19.0 Å². The molecule has 0 aliphatic rings. The Hall–Kier alpha value is -2.22. The van der Waals surface area contributed by atoms with Crippen molar-refractivity contribution in [1.82, 2.24) is 4.98 Å². The van der Waals surface area contributed by atoms with Gasteiger partial charge in [0.1, 0.15) is 17.6 Å². The molecule has 0 saturated heterocycles. The number of pyridine rings is 1. The number of unbranched alkanes of at least 4 members (excludes halogenated alkanes) is 1. The number of carbonyl (C=O) groups is 1. The summed E-state index contributed by atoms with van der Waals surface area (Å²) in [6.07, 6.45) is 3.80. The number of hydrogen-bond donors (Lipinski definition) is 2. The number of carboxylic acid groups (broad SMARTS) is 1. The summed E-state index contributed by atoms with van der Waals surface area (Å²) in [5.41, 5.74) is -0.896. The second kappa shape index (κ2) is 8.85. The molecule has 0 aliphatic heterocycles. The van der Waals surface area contributed by atoms with Crippen LogP contribution in [0.3, 0.4) is 0 Å². The summed E-state index contributed by atoms with van der Waals surface area (Å²) in [4.78, 5) is 24.7. The third-order valence-electron chi connectivity index (χ3n) is 2.72. The molecular weight excluding hydrogens is 278 g/mol. The van der Waals surface area contributed by atoms with Crippen LogP contribution in [0.1, 0.15) is 36.5 Å². The third kappa shape index (κ3) is 5.74. The zero-order valence-electron chi connectivity index (χ0n) is 11.9. The molecule has 116 valence electrons. The van der Waals surface area contributed by atoms with Crippen molar-refractivity contribution in [2.45, 2.75) is 26.2 Å². The van der Waals surface area contributed by atoms with Crippen LogP contribution < -0.4 is 5.32 Å². The van der Waals surface area contributed by atoms with Crippen molar-refractivity contribution in [2.24, 2.45) is 0 Å². The van der Waals surface area contributed by atoms with E-state index >= 15 is 0 Å². The molecular formula is C13H19N3O5. The van der Waals surface area contributed by atoms with Crippen LogP contribution in [0.5, 0.6) is 0 Å². The number of ether oxygens (including phenoxy) is 1. The van der Waals surface area contributed by atoms with E-state index in [2.05, 4.69) is 17.2 Å². The lowest BCUT2D eigenvalue weighted by Crippen LogP contribution is -2.10. The fourth-order valence-electron chi connectivity index (χ4n) is 1.60. The summed E-state index contributed by atoms with van der Waals surface area (Å²) < 4.78 is 5.38. The van der Waals surface area contributed by atoms with Crippen molar-refractivity contribution >= 4 is 17.5 Å². The number of nitro groups is 1. The fraction of sp³-hybridized carbons (Fsp3) is 0.538. The van der Waals surface area contributed by atoms with Gasteiger partial charge in [0, 0.05) is 25.8 Å². The average molecular weight is 297 g/mol. The van der Waals surface area contributed by atoms with Gasteiger partial charge in [0.15, 0.2) is 0 Å². The molecule has 0 spiro atoms. The molecule has 0 amide bonds. The monoisotopic (exact) mass is 297 g/mol. The molecule has 1 heterocycles. The van der Waals surface area contributed by atoms with Crippen molar-refractivity contribution in [2.75, 3.05) is 25.1 Å². The van der Waals surface area contributed by atoms with Gasteiger partial charge in [-0.3, -0.25) is 10.1 Å². The molecule has 0 bridgehead atoms. The zero-order valence-corrected chi connectivity index (χ0v) is 11.9. The SMILES string of the molecule is CCCCOCCCNc1cc(C(=O)O)c([N+](=O)[O-])cn1. The molecule has 2 N–H and O–H groups in total. The van der Waals surface area contributed by atoms with E-state index in [4.69, 9.17) is 9.84 Å². The minimum Gasteiger partial charge on any atom is -0.477 e. The Morgan fingerprint density at radius 3 is 2.81 bits per heavy atom. The van der Waals surface area contributed by atoms with Crippen molar-refractivity contribution in [3.8, 4) is 0 Å². The Kier molecular flexibility index (Phi) is 7.10. The van der Waals surface area contributed by atoms with Gasteiger partial charge in [-0.05, 0) is 12.8 Å². The summed E-state index contributed by atoms with van der Waals surface area (Å²) in [6.45, 7) is 3.97. The molecule has 0 aromatic carbocycles. The Bertz CT molecular complexity index is 493. The molecule has 1 aromatic heterocycles. The van der Waals surface area contributed by atoms with E-state index in [1.807, 2.05) is 0 Å². The number of nitrogens with zero attached hydrogens (tertiary/aromatic N) is 2. The standard InChI is InChI=1S/C13H19N3O5/c1-2-3-6-21-7-4-5-14-12-8-10(13(17)18)11(9-15-12)16(19)20/h8-9H,2-7H2,1H3,(H,14,15)(H,17,18). The minimum absolute atomic E-state index is 0.298. The van der Waals surface area contributed by atoms with Crippen molar-refractivity contribution in [3.05, 3.63) is 27.9 Å². The third-order valence-corrected chi connectivity index (χ3v) is 2.72. The highest BCUT2D eigenvalue weighted by molar-refractivity contribution is 5.93. The first kappa shape index (κ1) is 16.8. The molecule has 8 nitrogen and oxygen atoms in total. The Morgan fingerprint density at radius 2 is 2.19 bits per heavy atom. The van der Waals surface area contributed by atoms with E-state index in [-0.39, 0.29) is 5.56 Å². The maximum absolute atomic E-state index is 11.0. The van der Waals surface area contributed by atoms with Gasteiger partial charge in [0.25, 0.3) is 0 Å². The predicted octanol–water partition coefficient (Wildman–Crippen LogP) is 2.31. The fourth-order valence-corrected chi connectivity index (χ4v) is 1.60. The molecule has 0 unspecified atom stereocenters. The normalized spacial score (nSPS) is 10.3. The first-order valence-electron chi connectivity index (χ1n) is 6.75. The van der Waals surface area contributed by atoms with Crippen LogP contribution in [0.4, 0.5) is 11.5 Å². The van der Waals surface area contributed by atoms with Crippen LogP contribution in [-0.2, 0) is 4.74 Å². The molecule has 21 heavy (non-hydrogen) atoms. The Labute approximate surface area is 122 Å². The Morgan fingerprint density at radius 1 is 1.48 bits per heavy atom. The largest absolute Gasteiger partial charge is 0.477 e. The lowest BCUT2D eigenvalue weighted by Gasteiger charge is -2.07. The number of aromatic carboxylic acids is 1. The maximum Gasteiger partial charge on any atom is 0.342 e. The number of aromatic nitrogens is 1. The highest BCUT2D eigenvalue weighted by atomic mass is 16.6. The van der Waals surface area contributed by atoms with Gasteiger partial charge >= 0.3 is 11.7 Å². The lowest BCUT2D eigenvalue weighted by molar-refractivity contribution is -0.385. The van der Waals surface area contributed by atoms with Crippen LogP contribution >= 0.6 is 0 Å². The molecule has 0 saturated carbocycles. The van der Waals surface area contributed by atoms with E-state index in [1.54, 1.807) is 0 Å². The average Bonchev–Trinajstić information content (AvgIpc) is 2.46. The van der Waals surface area contributed by atoms with E-state index in [1.165, 1.54) is 6.07 Å². The van der Waals surface area contributed by atoms with Crippen molar-refractivity contribution in [1.29, 1.82) is 0 Å². The number of nitrogens with one attached hydrogen (secondary N) is 1. The lowest BCUT2D eigenvalue weighted by atomic mass is 10.2. The van der Waals surface area contributed by atoms with E-state index in [9.17, 15) is 14.9 Å². The summed E-state index contributed by atoms with van der Waals surface area (Å²) >= 11 is 0. The molecule has 8 heteroatoms. The summed E-state index contributed by atoms with van der Waals surface area (Å²) in [5.74, 6) is -1.05. The first-order chi connectivity index (χ1) is 10.1. The van der Waals surface area contributed by atoms with Gasteiger partial charge in [-0.1, -0.05) is 13.3 Å². The van der Waals surface area contributed by atoms with Gasteiger partial charge in [0.2, 0.25) is 0 Å². The van der Waals surface area contributed by atoms with E-state index in [0.717, 1.165) is 32.1 Å². The predicted molar refractivity (Wildman–Crippen MR) is 76.7 cm³/mol. The topological polar surface area (TPSA) is 115 Å². The first-order valence-corrected chi connectivity index (χ1v) is 6.75. The number of carboxylic acids is 1. The Balaban J connectivity index is 2.47. The summed E-state index contributed by atoms with van der Waals surface area (Å²) in [7, 11) is 0. The molecule has 1 aromatic rings. The van der Waals surface area contributed by atoms with Crippen molar-refractivity contribution in [3.63, 3.8) is 0 Å². The van der Waals surface area contributed by atoms with Crippen LogP contribution in [0.25, 0.3) is 0 Å². The molecule has 1 rings (SSSR count).